The topological polar surface area (TPSA) is 22.1 Å². The van der Waals surface area contributed by atoms with Crippen molar-refractivity contribution in [3.05, 3.63) is 45.1 Å². The molecule has 5 heteroatoms. The molecular weight excluding hydrogens is 285 g/mol. The van der Waals surface area contributed by atoms with E-state index in [0.29, 0.717) is 11.3 Å². The number of rotatable bonds is 3. The number of thiazole rings is 1. The van der Waals surface area contributed by atoms with Crippen molar-refractivity contribution in [3.8, 4) is 5.75 Å². The summed E-state index contributed by atoms with van der Waals surface area (Å²) < 4.78 is 19.7. The Kier molecular flexibility index (Phi) is 4.11. The minimum atomic E-state index is -0.412. The Morgan fingerprint density at radius 3 is 2.68 bits per heavy atom. The Labute approximate surface area is 121 Å². The summed E-state index contributed by atoms with van der Waals surface area (Å²) in [5.41, 5.74) is 2.82. The fourth-order valence-corrected chi connectivity index (χ4v) is 2.45. The normalized spacial score (nSPS) is 11.6. The summed E-state index contributed by atoms with van der Waals surface area (Å²) in [6.07, 6.45) is 0. The molecule has 19 heavy (non-hydrogen) atoms. The lowest BCUT2D eigenvalue weighted by molar-refractivity contribution is 0.300. The van der Waals surface area contributed by atoms with Gasteiger partial charge in [-0.2, -0.15) is 0 Å². The van der Waals surface area contributed by atoms with Crippen LogP contribution in [0.4, 0.5) is 4.39 Å². The summed E-state index contributed by atoms with van der Waals surface area (Å²) in [6.45, 7) is 6.12. The molecule has 1 aromatic heterocycles. The molecule has 2 rings (SSSR count). The molecule has 0 radical (unpaired) electrons. The SMILES string of the molecule is CC(C)(C)c1ccc(OCc2cscn2)c(Cl)c1F. The molecule has 0 N–H and O–H groups in total. The first-order valence-corrected chi connectivity index (χ1v) is 7.20. The lowest BCUT2D eigenvalue weighted by Gasteiger charge is -2.21. The summed E-state index contributed by atoms with van der Waals surface area (Å²) in [6, 6.07) is 3.43. The van der Waals surface area contributed by atoms with Crippen LogP contribution < -0.4 is 4.74 Å². The maximum atomic E-state index is 14.2. The Bertz CT molecular complexity index is 564. The Morgan fingerprint density at radius 1 is 1.37 bits per heavy atom. The van der Waals surface area contributed by atoms with Gasteiger partial charge in [0.05, 0.1) is 11.2 Å². The second-order valence-corrected chi connectivity index (χ2v) is 6.35. The van der Waals surface area contributed by atoms with E-state index >= 15 is 0 Å². The third-order valence-electron chi connectivity index (χ3n) is 2.71. The third kappa shape index (κ3) is 3.25. The second-order valence-electron chi connectivity index (χ2n) is 5.26. The van der Waals surface area contributed by atoms with Crippen LogP contribution in [0.2, 0.25) is 5.02 Å². The second kappa shape index (κ2) is 5.47. The fourth-order valence-electron chi connectivity index (χ4n) is 1.68. The molecule has 1 heterocycles. The van der Waals surface area contributed by atoms with Crippen LogP contribution in [0, 0.1) is 5.82 Å². The molecule has 102 valence electrons. The van der Waals surface area contributed by atoms with E-state index in [2.05, 4.69) is 4.98 Å². The standard InChI is InChI=1S/C14H15ClFNOS/c1-14(2,3)10-4-5-11(12(15)13(10)16)18-6-9-7-19-8-17-9/h4-5,7-8H,6H2,1-3H3. The van der Waals surface area contributed by atoms with E-state index in [-0.39, 0.29) is 17.0 Å². The van der Waals surface area contributed by atoms with Crippen LogP contribution in [-0.4, -0.2) is 4.98 Å². The number of benzene rings is 1. The number of hydrogen-bond acceptors (Lipinski definition) is 3. The van der Waals surface area contributed by atoms with Crippen LogP contribution in [0.1, 0.15) is 32.0 Å². The molecule has 2 nitrogen and oxygen atoms in total. The van der Waals surface area contributed by atoms with Crippen molar-refractivity contribution < 1.29 is 9.13 Å². The Morgan fingerprint density at radius 2 is 2.11 bits per heavy atom. The zero-order chi connectivity index (χ0) is 14.0. The lowest BCUT2D eigenvalue weighted by atomic mass is 9.86. The molecular formula is C14H15ClFNOS. The number of ether oxygens (including phenoxy) is 1. The van der Waals surface area contributed by atoms with Crippen LogP contribution in [0.3, 0.4) is 0 Å². The van der Waals surface area contributed by atoms with Crippen LogP contribution in [0.25, 0.3) is 0 Å². The highest BCUT2D eigenvalue weighted by atomic mass is 35.5. The molecule has 0 aliphatic carbocycles. The first kappa shape index (κ1) is 14.3. The molecule has 0 fully saturated rings. The van der Waals surface area contributed by atoms with Gasteiger partial charge in [0.25, 0.3) is 0 Å². The number of nitrogens with zero attached hydrogens (tertiary/aromatic N) is 1. The predicted molar refractivity (Wildman–Crippen MR) is 76.6 cm³/mol. The van der Waals surface area contributed by atoms with Gasteiger partial charge in [0.15, 0.2) is 0 Å². The van der Waals surface area contributed by atoms with Crippen molar-refractivity contribution in [3.63, 3.8) is 0 Å². The summed E-state index contributed by atoms with van der Waals surface area (Å²) >= 11 is 7.52. The predicted octanol–water partition coefficient (Wildman–Crippen LogP) is 4.81. The van der Waals surface area contributed by atoms with Gasteiger partial charge >= 0.3 is 0 Å². The zero-order valence-electron chi connectivity index (χ0n) is 11.0. The minimum Gasteiger partial charge on any atom is -0.486 e. The van der Waals surface area contributed by atoms with E-state index in [1.54, 1.807) is 17.6 Å². The van der Waals surface area contributed by atoms with Crippen LogP contribution in [0.5, 0.6) is 5.75 Å². The van der Waals surface area contributed by atoms with E-state index < -0.39 is 5.82 Å². The average Bonchev–Trinajstić information content (AvgIpc) is 2.82. The molecule has 0 aliphatic rings. The monoisotopic (exact) mass is 299 g/mol. The van der Waals surface area contributed by atoms with Gasteiger partial charge in [-0.3, -0.25) is 0 Å². The summed E-state index contributed by atoms with van der Waals surface area (Å²) in [4.78, 5) is 4.10. The summed E-state index contributed by atoms with van der Waals surface area (Å²) in [7, 11) is 0. The van der Waals surface area contributed by atoms with E-state index in [9.17, 15) is 4.39 Å². The first-order chi connectivity index (χ1) is 8.89. The largest absolute Gasteiger partial charge is 0.486 e. The van der Waals surface area contributed by atoms with Gasteiger partial charge in [-0.1, -0.05) is 38.4 Å². The molecule has 0 saturated heterocycles. The summed E-state index contributed by atoms with van der Waals surface area (Å²) in [5, 5.41) is 1.91. The van der Waals surface area contributed by atoms with E-state index in [4.69, 9.17) is 16.3 Å². The molecule has 0 unspecified atom stereocenters. The van der Waals surface area contributed by atoms with E-state index in [0.717, 1.165) is 5.69 Å². The molecule has 0 spiro atoms. The molecule has 0 bridgehead atoms. The molecule has 1 aromatic carbocycles. The maximum Gasteiger partial charge on any atom is 0.149 e. The van der Waals surface area contributed by atoms with Gasteiger partial charge in [0.1, 0.15) is 23.2 Å². The number of hydrogen-bond donors (Lipinski definition) is 0. The average molecular weight is 300 g/mol. The fraction of sp³-hybridized carbons (Fsp3) is 0.357. The highest BCUT2D eigenvalue weighted by Gasteiger charge is 2.22. The minimum absolute atomic E-state index is 0.0302. The third-order valence-corrected chi connectivity index (χ3v) is 3.70. The summed E-state index contributed by atoms with van der Waals surface area (Å²) in [5.74, 6) is -0.0647. The van der Waals surface area contributed by atoms with Gasteiger partial charge < -0.3 is 4.74 Å². The number of aromatic nitrogens is 1. The van der Waals surface area contributed by atoms with Crippen molar-refractivity contribution in [2.45, 2.75) is 32.8 Å². The molecule has 0 amide bonds. The smallest absolute Gasteiger partial charge is 0.149 e. The van der Waals surface area contributed by atoms with Crippen molar-refractivity contribution in [2.75, 3.05) is 0 Å². The van der Waals surface area contributed by atoms with Crippen LogP contribution in [0.15, 0.2) is 23.0 Å². The van der Waals surface area contributed by atoms with Gasteiger partial charge in [0, 0.05) is 5.38 Å². The van der Waals surface area contributed by atoms with Crippen LogP contribution >= 0.6 is 22.9 Å². The zero-order valence-corrected chi connectivity index (χ0v) is 12.6. The highest BCUT2D eigenvalue weighted by molar-refractivity contribution is 7.07. The molecule has 0 saturated carbocycles. The van der Waals surface area contributed by atoms with Crippen molar-refractivity contribution >= 4 is 22.9 Å². The van der Waals surface area contributed by atoms with Crippen LogP contribution in [-0.2, 0) is 12.0 Å². The van der Waals surface area contributed by atoms with Crippen molar-refractivity contribution in [2.24, 2.45) is 0 Å². The number of halogens is 2. The molecule has 2 aromatic rings. The first-order valence-electron chi connectivity index (χ1n) is 5.88. The van der Waals surface area contributed by atoms with Crippen molar-refractivity contribution in [1.82, 2.24) is 4.98 Å². The van der Waals surface area contributed by atoms with Gasteiger partial charge in [-0.05, 0) is 17.0 Å². The van der Waals surface area contributed by atoms with Gasteiger partial charge in [0.2, 0.25) is 0 Å². The quantitative estimate of drug-likeness (QED) is 0.811. The highest BCUT2D eigenvalue weighted by Crippen LogP contribution is 2.35. The van der Waals surface area contributed by atoms with Crippen molar-refractivity contribution in [1.29, 1.82) is 0 Å². The Balaban J connectivity index is 2.21. The molecule has 0 aliphatic heterocycles. The van der Waals surface area contributed by atoms with Gasteiger partial charge in [-0.25, -0.2) is 9.37 Å². The molecule has 0 atom stereocenters. The van der Waals surface area contributed by atoms with E-state index in [1.165, 1.54) is 11.3 Å². The Hall–Kier alpha value is -1.13. The lowest BCUT2D eigenvalue weighted by Crippen LogP contribution is -2.14. The maximum absolute atomic E-state index is 14.2. The van der Waals surface area contributed by atoms with E-state index in [1.807, 2.05) is 26.2 Å². The van der Waals surface area contributed by atoms with Gasteiger partial charge in [-0.15, -0.1) is 11.3 Å².